The van der Waals surface area contributed by atoms with Crippen molar-refractivity contribution in [2.75, 3.05) is 11.1 Å². The minimum atomic E-state index is -0.444. The van der Waals surface area contributed by atoms with Crippen LogP contribution in [0.25, 0.3) is 11.1 Å². The van der Waals surface area contributed by atoms with Crippen molar-refractivity contribution in [3.63, 3.8) is 0 Å². The Morgan fingerprint density at radius 2 is 1.76 bits per heavy atom. The number of carbonyl (C=O) groups excluding carboxylic acids is 1. The van der Waals surface area contributed by atoms with E-state index in [1.54, 1.807) is 42.5 Å². The summed E-state index contributed by atoms with van der Waals surface area (Å²) in [5, 5.41) is 13.7. The first-order chi connectivity index (χ1) is 12.0. The fraction of sp³-hybridized carbons (Fsp3) is 0. The fourth-order valence-corrected chi connectivity index (χ4v) is 2.38. The van der Waals surface area contributed by atoms with Crippen molar-refractivity contribution in [1.82, 2.24) is 4.98 Å². The lowest BCUT2D eigenvalue weighted by Crippen LogP contribution is -2.14. The number of amides is 1. The Morgan fingerprint density at radius 3 is 2.48 bits per heavy atom. The second-order valence-corrected chi connectivity index (χ2v) is 5.28. The molecule has 1 aromatic heterocycles. The number of non-ortho nitro benzene ring substituents is 1. The molecule has 0 radical (unpaired) electrons. The van der Waals surface area contributed by atoms with Gasteiger partial charge in [-0.3, -0.25) is 14.9 Å². The van der Waals surface area contributed by atoms with Crippen LogP contribution in [0, 0.1) is 10.1 Å². The number of nitro benzene ring substituents is 1. The summed E-state index contributed by atoms with van der Waals surface area (Å²) in [5.74, 6) is -0.225. The van der Waals surface area contributed by atoms with Crippen LogP contribution >= 0.6 is 0 Å². The first-order valence-corrected chi connectivity index (χ1v) is 7.41. The smallest absolute Gasteiger partial charge is 0.270 e. The largest absolute Gasteiger partial charge is 0.383 e. The number of hydrogen-bond acceptors (Lipinski definition) is 5. The molecule has 3 aromatic rings. The van der Waals surface area contributed by atoms with Crippen LogP contribution < -0.4 is 11.1 Å². The van der Waals surface area contributed by atoms with Gasteiger partial charge in [-0.1, -0.05) is 24.3 Å². The van der Waals surface area contributed by atoms with Gasteiger partial charge in [0.1, 0.15) is 5.82 Å². The van der Waals surface area contributed by atoms with Crippen LogP contribution in [-0.4, -0.2) is 15.8 Å². The Balaban J connectivity index is 1.87. The van der Waals surface area contributed by atoms with Crippen molar-refractivity contribution in [3.05, 3.63) is 82.5 Å². The molecule has 1 heterocycles. The van der Waals surface area contributed by atoms with Crippen molar-refractivity contribution in [1.29, 1.82) is 0 Å². The van der Waals surface area contributed by atoms with Crippen LogP contribution in [0.2, 0.25) is 0 Å². The average Bonchev–Trinajstić information content (AvgIpc) is 2.62. The van der Waals surface area contributed by atoms with E-state index in [2.05, 4.69) is 10.3 Å². The number of nitrogens with one attached hydrogen (secondary N) is 1. The Labute approximate surface area is 143 Å². The number of pyridine rings is 1. The minimum absolute atomic E-state index is 0.00933. The summed E-state index contributed by atoms with van der Waals surface area (Å²) >= 11 is 0. The Hall–Kier alpha value is -3.74. The maximum absolute atomic E-state index is 12.3. The molecule has 0 aliphatic heterocycles. The predicted octanol–water partition coefficient (Wildman–Crippen LogP) is 3.49. The minimum Gasteiger partial charge on any atom is -0.383 e. The molecule has 0 saturated heterocycles. The molecule has 2 aromatic carbocycles. The Morgan fingerprint density at radius 1 is 1.04 bits per heavy atom. The van der Waals surface area contributed by atoms with E-state index in [4.69, 9.17) is 5.73 Å². The number of aromatic nitrogens is 1. The molecule has 0 aliphatic carbocycles. The van der Waals surface area contributed by atoms with Crippen molar-refractivity contribution < 1.29 is 9.72 Å². The molecule has 0 fully saturated rings. The summed E-state index contributed by atoms with van der Waals surface area (Å²) in [6, 6.07) is 16.6. The molecular formula is C18H14N4O3. The van der Waals surface area contributed by atoms with E-state index in [9.17, 15) is 14.9 Å². The van der Waals surface area contributed by atoms with E-state index in [1.807, 2.05) is 6.07 Å². The quantitative estimate of drug-likeness (QED) is 0.560. The van der Waals surface area contributed by atoms with Gasteiger partial charge in [-0.15, -0.1) is 0 Å². The van der Waals surface area contributed by atoms with Gasteiger partial charge in [0.05, 0.1) is 10.5 Å². The van der Waals surface area contributed by atoms with E-state index in [0.717, 1.165) is 5.56 Å². The fourth-order valence-electron chi connectivity index (χ4n) is 2.38. The molecule has 0 bridgehead atoms. The number of benzene rings is 2. The molecule has 7 heteroatoms. The van der Waals surface area contributed by atoms with E-state index < -0.39 is 4.92 Å². The Bertz CT molecular complexity index is 956. The summed E-state index contributed by atoms with van der Waals surface area (Å²) in [7, 11) is 0. The van der Waals surface area contributed by atoms with Crippen molar-refractivity contribution in [3.8, 4) is 11.1 Å². The highest BCUT2D eigenvalue weighted by molar-refractivity contribution is 6.07. The van der Waals surface area contributed by atoms with Crippen LogP contribution in [0.15, 0.2) is 66.9 Å². The monoisotopic (exact) mass is 334 g/mol. The summed E-state index contributed by atoms with van der Waals surface area (Å²) in [5.41, 5.74) is 7.99. The molecule has 3 rings (SSSR count). The number of hydrogen-bond donors (Lipinski definition) is 2. The molecule has 3 N–H and O–H groups in total. The zero-order valence-electron chi connectivity index (χ0n) is 13.0. The third-order valence-corrected chi connectivity index (χ3v) is 3.59. The summed E-state index contributed by atoms with van der Waals surface area (Å²) < 4.78 is 0. The maximum Gasteiger partial charge on any atom is 0.270 e. The van der Waals surface area contributed by atoms with E-state index in [1.165, 1.54) is 18.3 Å². The second kappa shape index (κ2) is 6.79. The molecule has 25 heavy (non-hydrogen) atoms. The Kier molecular flexibility index (Phi) is 4.38. The highest BCUT2D eigenvalue weighted by Crippen LogP contribution is 2.26. The van der Waals surface area contributed by atoms with E-state index in [-0.39, 0.29) is 23.0 Å². The number of nitrogen functional groups attached to an aromatic ring is 1. The lowest BCUT2D eigenvalue weighted by Gasteiger charge is -2.09. The standard InChI is InChI=1S/C18H14N4O3/c19-17-16(8-3-9-20-17)18(23)21-14-6-1-4-12(10-14)13-5-2-7-15(11-13)22(24)25/h1-11H,(H2,19,20)(H,21,23). The highest BCUT2D eigenvalue weighted by atomic mass is 16.6. The van der Waals surface area contributed by atoms with Gasteiger partial charge in [0, 0.05) is 24.0 Å². The summed E-state index contributed by atoms with van der Waals surface area (Å²) in [6.45, 7) is 0. The molecule has 124 valence electrons. The van der Waals surface area contributed by atoms with Gasteiger partial charge in [0.25, 0.3) is 11.6 Å². The van der Waals surface area contributed by atoms with Gasteiger partial charge >= 0.3 is 0 Å². The lowest BCUT2D eigenvalue weighted by molar-refractivity contribution is -0.384. The lowest BCUT2D eigenvalue weighted by atomic mass is 10.0. The van der Waals surface area contributed by atoms with Crippen LogP contribution in [-0.2, 0) is 0 Å². The second-order valence-electron chi connectivity index (χ2n) is 5.28. The van der Waals surface area contributed by atoms with E-state index in [0.29, 0.717) is 11.3 Å². The molecule has 0 aliphatic rings. The molecule has 0 saturated carbocycles. The summed E-state index contributed by atoms with van der Waals surface area (Å²) in [6.07, 6.45) is 1.51. The van der Waals surface area contributed by atoms with Crippen LogP contribution in [0.3, 0.4) is 0 Å². The van der Waals surface area contributed by atoms with Gasteiger partial charge < -0.3 is 11.1 Å². The molecule has 7 nitrogen and oxygen atoms in total. The van der Waals surface area contributed by atoms with E-state index >= 15 is 0 Å². The average molecular weight is 334 g/mol. The number of anilines is 2. The topological polar surface area (TPSA) is 111 Å². The normalized spacial score (nSPS) is 10.2. The van der Waals surface area contributed by atoms with Gasteiger partial charge in [-0.05, 0) is 35.4 Å². The zero-order chi connectivity index (χ0) is 17.8. The molecule has 1 amide bonds. The molecular weight excluding hydrogens is 320 g/mol. The van der Waals surface area contributed by atoms with Crippen molar-refractivity contribution >= 4 is 23.1 Å². The molecule has 0 unspecified atom stereocenters. The number of carbonyl (C=O) groups is 1. The molecule has 0 spiro atoms. The van der Waals surface area contributed by atoms with Gasteiger partial charge in [-0.25, -0.2) is 4.98 Å². The third kappa shape index (κ3) is 3.61. The number of nitrogens with zero attached hydrogens (tertiary/aromatic N) is 2. The van der Waals surface area contributed by atoms with Gasteiger partial charge in [0.15, 0.2) is 0 Å². The van der Waals surface area contributed by atoms with Crippen LogP contribution in [0.4, 0.5) is 17.2 Å². The first-order valence-electron chi connectivity index (χ1n) is 7.41. The third-order valence-electron chi connectivity index (χ3n) is 3.59. The highest BCUT2D eigenvalue weighted by Gasteiger charge is 2.11. The SMILES string of the molecule is Nc1ncccc1C(=O)Nc1cccc(-c2cccc([N+](=O)[O-])c2)c1. The zero-order valence-corrected chi connectivity index (χ0v) is 13.0. The maximum atomic E-state index is 12.3. The van der Waals surface area contributed by atoms with Gasteiger partial charge in [-0.2, -0.15) is 0 Å². The molecule has 0 atom stereocenters. The van der Waals surface area contributed by atoms with Crippen LogP contribution in [0.1, 0.15) is 10.4 Å². The van der Waals surface area contributed by atoms with Crippen molar-refractivity contribution in [2.45, 2.75) is 0 Å². The predicted molar refractivity (Wildman–Crippen MR) is 95.1 cm³/mol. The summed E-state index contributed by atoms with van der Waals surface area (Å²) in [4.78, 5) is 26.7. The van der Waals surface area contributed by atoms with Crippen molar-refractivity contribution in [2.24, 2.45) is 0 Å². The van der Waals surface area contributed by atoms with Gasteiger partial charge in [0.2, 0.25) is 0 Å². The number of rotatable bonds is 4. The first kappa shape index (κ1) is 16.1. The number of nitro groups is 1. The van der Waals surface area contributed by atoms with Crippen LogP contribution in [0.5, 0.6) is 0 Å². The number of nitrogens with two attached hydrogens (primary N) is 1.